The first kappa shape index (κ1) is 18.5. The summed E-state index contributed by atoms with van der Waals surface area (Å²) in [5.74, 6) is -2.67. The Bertz CT molecular complexity index is 1280. The number of nitrogens with zero attached hydrogens (tertiary/aromatic N) is 2. The number of carbonyl (C=O) groups is 1. The molecular formula is C22H15F2N3O2. The first-order valence-corrected chi connectivity index (χ1v) is 8.82. The van der Waals surface area contributed by atoms with E-state index in [1.807, 2.05) is 42.5 Å². The van der Waals surface area contributed by atoms with Crippen molar-refractivity contribution < 1.29 is 13.6 Å². The molecule has 0 spiro atoms. The molecule has 3 aromatic carbocycles. The normalized spacial score (nSPS) is 10.8. The molecule has 0 aliphatic carbocycles. The van der Waals surface area contributed by atoms with Crippen LogP contribution in [0.2, 0.25) is 0 Å². The molecule has 0 bridgehead atoms. The zero-order valence-corrected chi connectivity index (χ0v) is 15.1. The van der Waals surface area contributed by atoms with Gasteiger partial charge in [0.2, 0.25) is 5.91 Å². The summed E-state index contributed by atoms with van der Waals surface area (Å²) in [6, 6.07) is 19.6. The van der Waals surface area contributed by atoms with E-state index >= 15 is 0 Å². The average molecular weight is 391 g/mol. The number of fused-ring (bicyclic) bond motifs is 1. The van der Waals surface area contributed by atoms with Crippen LogP contribution < -0.4 is 10.9 Å². The number of carbonyl (C=O) groups excluding carboxylic acids is 1. The van der Waals surface area contributed by atoms with Crippen LogP contribution in [0.3, 0.4) is 0 Å². The van der Waals surface area contributed by atoms with E-state index in [0.29, 0.717) is 5.69 Å². The summed E-state index contributed by atoms with van der Waals surface area (Å²) in [6.45, 7) is -0.362. The van der Waals surface area contributed by atoms with E-state index in [1.165, 1.54) is 12.1 Å². The second kappa shape index (κ2) is 7.63. The molecule has 0 aliphatic rings. The number of benzene rings is 3. The minimum atomic E-state index is -1.07. The molecule has 29 heavy (non-hydrogen) atoms. The van der Waals surface area contributed by atoms with Crippen molar-refractivity contribution in [1.29, 1.82) is 0 Å². The van der Waals surface area contributed by atoms with Crippen molar-refractivity contribution in [3.63, 3.8) is 0 Å². The predicted octanol–water partition coefficient (Wildman–Crippen LogP) is 3.98. The maximum Gasteiger partial charge on any atom is 0.267 e. The number of hydrogen-bond donors (Lipinski definition) is 1. The zero-order valence-electron chi connectivity index (χ0n) is 15.1. The second-order valence-electron chi connectivity index (χ2n) is 6.45. The van der Waals surface area contributed by atoms with E-state index in [0.717, 1.165) is 33.2 Å². The molecule has 0 saturated carbocycles. The van der Waals surface area contributed by atoms with Gasteiger partial charge in [-0.3, -0.25) is 9.59 Å². The summed E-state index contributed by atoms with van der Waals surface area (Å²) in [7, 11) is 0. The van der Waals surface area contributed by atoms with Gasteiger partial charge in [-0.25, -0.2) is 13.5 Å². The lowest BCUT2D eigenvalue weighted by molar-refractivity contribution is -0.117. The monoisotopic (exact) mass is 391 g/mol. The minimum absolute atomic E-state index is 0.0904. The van der Waals surface area contributed by atoms with Crippen molar-refractivity contribution in [2.24, 2.45) is 0 Å². The third-order valence-electron chi connectivity index (χ3n) is 4.41. The first-order valence-electron chi connectivity index (χ1n) is 8.82. The molecule has 4 aromatic rings. The maximum absolute atomic E-state index is 13.3. The van der Waals surface area contributed by atoms with Crippen molar-refractivity contribution in [1.82, 2.24) is 9.78 Å². The van der Waals surface area contributed by atoms with Crippen LogP contribution in [0.5, 0.6) is 0 Å². The number of halogens is 2. The second-order valence-corrected chi connectivity index (χ2v) is 6.45. The Morgan fingerprint density at radius 3 is 2.48 bits per heavy atom. The topological polar surface area (TPSA) is 64.0 Å². The van der Waals surface area contributed by atoms with E-state index in [9.17, 15) is 18.4 Å². The van der Waals surface area contributed by atoms with Crippen molar-refractivity contribution in [3.05, 3.63) is 94.8 Å². The fourth-order valence-electron chi connectivity index (χ4n) is 2.98. The smallest absolute Gasteiger partial charge is 0.267 e. The van der Waals surface area contributed by atoms with Crippen LogP contribution in [0, 0.1) is 11.6 Å². The van der Waals surface area contributed by atoms with E-state index in [1.54, 1.807) is 6.07 Å². The molecule has 1 amide bonds. The molecule has 4 rings (SSSR count). The molecule has 0 saturated heterocycles. The van der Waals surface area contributed by atoms with Crippen LogP contribution in [-0.4, -0.2) is 15.7 Å². The summed E-state index contributed by atoms with van der Waals surface area (Å²) in [5.41, 5.74) is 0.983. The lowest BCUT2D eigenvalue weighted by Crippen LogP contribution is -2.29. The molecular weight excluding hydrogens is 376 g/mol. The minimum Gasteiger partial charge on any atom is -0.324 e. The van der Waals surface area contributed by atoms with Crippen molar-refractivity contribution in [2.45, 2.75) is 6.54 Å². The van der Waals surface area contributed by atoms with Crippen LogP contribution in [0.15, 0.2) is 77.6 Å². The number of hydrogen-bond acceptors (Lipinski definition) is 3. The zero-order chi connectivity index (χ0) is 20.4. The van der Waals surface area contributed by atoms with Crippen LogP contribution in [-0.2, 0) is 11.3 Å². The molecule has 1 N–H and O–H groups in total. The Balaban J connectivity index is 1.58. The molecule has 5 nitrogen and oxygen atoms in total. The van der Waals surface area contributed by atoms with Gasteiger partial charge in [0.15, 0.2) is 11.6 Å². The Morgan fingerprint density at radius 1 is 0.897 bits per heavy atom. The lowest BCUT2D eigenvalue weighted by atomic mass is 10.1. The van der Waals surface area contributed by atoms with E-state index in [4.69, 9.17) is 0 Å². The van der Waals surface area contributed by atoms with Gasteiger partial charge in [0.25, 0.3) is 5.56 Å². The SMILES string of the molecule is O=C(Cn1nc(-c2ccc3ccccc3c2)ccc1=O)Nc1ccc(F)c(F)c1. The molecule has 0 unspecified atom stereocenters. The van der Waals surface area contributed by atoms with Crippen LogP contribution in [0.4, 0.5) is 14.5 Å². The van der Waals surface area contributed by atoms with Gasteiger partial charge in [0, 0.05) is 23.4 Å². The van der Waals surface area contributed by atoms with Crippen LogP contribution >= 0.6 is 0 Å². The Morgan fingerprint density at radius 2 is 1.69 bits per heavy atom. The molecule has 0 atom stereocenters. The number of rotatable bonds is 4. The first-order chi connectivity index (χ1) is 14.0. The van der Waals surface area contributed by atoms with Crippen LogP contribution in [0.25, 0.3) is 22.0 Å². The van der Waals surface area contributed by atoms with Gasteiger partial charge in [-0.15, -0.1) is 0 Å². The largest absolute Gasteiger partial charge is 0.324 e. The molecule has 144 valence electrons. The summed E-state index contributed by atoms with van der Waals surface area (Å²) < 4.78 is 27.3. The van der Waals surface area contributed by atoms with Crippen molar-refractivity contribution in [2.75, 3.05) is 5.32 Å². The summed E-state index contributed by atoms with van der Waals surface area (Å²) in [5, 5.41) is 8.80. The van der Waals surface area contributed by atoms with Crippen molar-refractivity contribution in [3.8, 4) is 11.3 Å². The van der Waals surface area contributed by atoms with E-state index in [2.05, 4.69) is 10.4 Å². The van der Waals surface area contributed by atoms with Gasteiger partial charge in [0.05, 0.1) is 5.69 Å². The van der Waals surface area contributed by atoms with Gasteiger partial charge >= 0.3 is 0 Å². The third-order valence-corrected chi connectivity index (χ3v) is 4.41. The molecule has 0 radical (unpaired) electrons. The molecule has 1 aromatic heterocycles. The summed E-state index contributed by atoms with van der Waals surface area (Å²) in [4.78, 5) is 24.3. The lowest BCUT2D eigenvalue weighted by Gasteiger charge is -2.09. The Labute approximate surface area is 164 Å². The fourth-order valence-corrected chi connectivity index (χ4v) is 2.98. The van der Waals surface area contributed by atoms with E-state index in [-0.39, 0.29) is 12.2 Å². The molecule has 0 aliphatic heterocycles. The highest BCUT2D eigenvalue weighted by molar-refractivity contribution is 5.90. The van der Waals surface area contributed by atoms with Gasteiger partial charge in [-0.05, 0) is 35.0 Å². The van der Waals surface area contributed by atoms with Crippen LogP contribution in [0.1, 0.15) is 0 Å². The summed E-state index contributed by atoms with van der Waals surface area (Å²) in [6.07, 6.45) is 0. The van der Waals surface area contributed by atoms with Crippen molar-refractivity contribution >= 4 is 22.4 Å². The fraction of sp³-hybridized carbons (Fsp3) is 0.0455. The Hall–Kier alpha value is -3.87. The third kappa shape index (κ3) is 4.03. The average Bonchev–Trinajstić information content (AvgIpc) is 2.72. The highest BCUT2D eigenvalue weighted by Gasteiger charge is 2.10. The predicted molar refractivity (Wildman–Crippen MR) is 106 cm³/mol. The highest BCUT2D eigenvalue weighted by atomic mass is 19.2. The highest BCUT2D eigenvalue weighted by Crippen LogP contribution is 2.22. The van der Waals surface area contributed by atoms with Gasteiger partial charge in [-0.2, -0.15) is 5.10 Å². The summed E-state index contributed by atoms with van der Waals surface area (Å²) >= 11 is 0. The molecule has 1 heterocycles. The number of amides is 1. The van der Waals surface area contributed by atoms with Gasteiger partial charge in [0.1, 0.15) is 6.54 Å². The quantitative estimate of drug-likeness (QED) is 0.572. The van der Waals surface area contributed by atoms with Gasteiger partial charge < -0.3 is 5.32 Å². The number of aromatic nitrogens is 2. The maximum atomic E-state index is 13.3. The standard InChI is InChI=1S/C22H15F2N3O2/c23-18-8-7-17(12-19(18)24)25-21(28)13-27-22(29)10-9-20(26-27)16-6-5-14-3-1-2-4-15(14)11-16/h1-12H,13H2,(H,25,28). The van der Waals surface area contributed by atoms with E-state index < -0.39 is 23.1 Å². The Kier molecular flexibility index (Phi) is 4.87. The molecule has 7 heteroatoms. The molecule has 0 fully saturated rings. The number of nitrogens with one attached hydrogen (secondary N) is 1. The van der Waals surface area contributed by atoms with Gasteiger partial charge in [-0.1, -0.05) is 36.4 Å². The number of anilines is 1.